The lowest BCUT2D eigenvalue weighted by Gasteiger charge is -2.15. The molecule has 0 spiro atoms. The van der Waals surface area contributed by atoms with Gasteiger partial charge >= 0.3 is 0 Å². The lowest BCUT2D eigenvalue weighted by molar-refractivity contribution is 0.837. The first-order chi connectivity index (χ1) is 9.65. The van der Waals surface area contributed by atoms with Crippen molar-refractivity contribution in [3.63, 3.8) is 0 Å². The topological polar surface area (TPSA) is 38.9 Å². The van der Waals surface area contributed by atoms with E-state index in [0.29, 0.717) is 0 Å². The molecule has 0 saturated carbocycles. The highest BCUT2D eigenvalue weighted by molar-refractivity contribution is 5.85. The average molecular weight is 262 g/mol. The van der Waals surface area contributed by atoms with Crippen molar-refractivity contribution in [2.45, 2.75) is 19.9 Å². The van der Waals surface area contributed by atoms with Crippen molar-refractivity contribution in [3.8, 4) is 0 Å². The van der Waals surface area contributed by atoms with Crippen molar-refractivity contribution in [1.82, 2.24) is 4.98 Å². The summed E-state index contributed by atoms with van der Waals surface area (Å²) in [6.45, 7) is 4.19. The largest absolute Gasteiger partial charge is 0.319 e. The molecular weight excluding hydrogens is 244 g/mol. The molecule has 2 heteroatoms. The van der Waals surface area contributed by atoms with Crippen molar-refractivity contribution in [2.75, 3.05) is 0 Å². The highest BCUT2D eigenvalue weighted by atomic mass is 14.8. The minimum Gasteiger partial charge on any atom is -0.319 e. The molecule has 0 fully saturated rings. The van der Waals surface area contributed by atoms with Crippen molar-refractivity contribution >= 4 is 10.8 Å². The molecule has 0 saturated heterocycles. The van der Waals surface area contributed by atoms with E-state index in [0.717, 1.165) is 16.6 Å². The molecule has 0 bridgehead atoms. The molecule has 1 atom stereocenters. The normalized spacial score (nSPS) is 12.6. The number of aryl methyl sites for hydroxylation is 2. The van der Waals surface area contributed by atoms with Crippen molar-refractivity contribution < 1.29 is 0 Å². The van der Waals surface area contributed by atoms with E-state index < -0.39 is 0 Å². The molecule has 2 N–H and O–H groups in total. The van der Waals surface area contributed by atoms with E-state index >= 15 is 0 Å². The molecule has 3 rings (SSSR count). The molecule has 0 amide bonds. The predicted molar refractivity (Wildman–Crippen MR) is 83.7 cm³/mol. The van der Waals surface area contributed by atoms with Gasteiger partial charge in [-0.3, -0.25) is 4.98 Å². The maximum Gasteiger partial charge on any atom is 0.0732 e. The van der Waals surface area contributed by atoms with Gasteiger partial charge in [0.25, 0.3) is 0 Å². The molecule has 1 heterocycles. The van der Waals surface area contributed by atoms with Gasteiger partial charge in [0.2, 0.25) is 0 Å². The van der Waals surface area contributed by atoms with Gasteiger partial charge in [-0.05, 0) is 30.9 Å². The van der Waals surface area contributed by atoms with Crippen LogP contribution in [0.5, 0.6) is 0 Å². The molecule has 0 aliphatic rings. The molecule has 20 heavy (non-hydrogen) atoms. The third-order valence-electron chi connectivity index (χ3n) is 3.60. The molecule has 0 aliphatic carbocycles. The average Bonchev–Trinajstić information content (AvgIpc) is 2.45. The molecule has 1 aromatic heterocycles. The third-order valence-corrected chi connectivity index (χ3v) is 3.60. The van der Waals surface area contributed by atoms with Gasteiger partial charge in [0.05, 0.1) is 11.7 Å². The lowest BCUT2D eigenvalue weighted by Crippen LogP contribution is -2.14. The number of hydrogen-bond acceptors (Lipinski definition) is 2. The summed E-state index contributed by atoms with van der Waals surface area (Å²) in [6.07, 6.45) is 1.83. The minimum absolute atomic E-state index is 0.195. The van der Waals surface area contributed by atoms with E-state index in [1.807, 2.05) is 24.4 Å². The third kappa shape index (κ3) is 2.30. The van der Waals surface area contributed by atoms with Crippen LogP contribution in [0.15, 0.2) is 54.7 Å². The van der Waals surface area contributed by atoms with Gasteiger partial charge in [-0.2, -0.15) is 0 Å². The molecule has 0 aliphatic heterocycles. The summed E-state index contributed by atoms with van der Waals surface area (Å²) >= 11 is 0. The van der Waals surface area contributed by atoms with Crippen LogP contribution in [0.3, 0.4) is 0 Å². The summed E-state index contributed by atoms with van der Waals surface area (Å²) in [6, 6.07) is 16.5. The Balaban J connectivity index is 2.15. The van der Waals surface area contributed by atoms with Crippen LogP contribution in [0.2, 0.25) is 0 Å². The minimum atomic E-state index is -0.195. The van der Waals surface area contributed by atoms with Gasteiger partial charge in [0, 0.05) is 11.6 Å². The first-order valence-electron chi connectivity index (χ1n) is 6.82. The standard InChI is InChI=1S/C18H18N2/c1-12-9-13(2)11-15(10-12)17(19)18-16-6-4-3-5-14(16)7-8-20-18/h3-11,17H,19H2,1-2H3. The van der Waals surface area contributed by atoms with E-state index in [1.165, 1.54) is 16.5 Å². The maximum absolute atomic E-state index is 6.46. The second kappa shape index (κ2) is 5.06. The zero-order valence-corrected chi connectivity index (χ0v) is 11.8. The Morgan fingerprint density at radius 2 is 1.65 bits per heavy atom. The smallest absolute Gasteiger partial charge is 0.0732 e. The van der Waals surface area contributed by atoms with E-state index in [4.69, 9.17) is 5.73 Å². The number of benzene rings is 2. The Bertz CT molecular complexity index is 737. The Labute approximate surface area is 119 Å². The Morgan fingerprint density at radius 3 is 2.40 bits per heavy atom. The number of nitrogens with two attached hydrogens (primary N) is 1. The van der Waals surface area contributed by atoms with Crippen LogP contribution in [-0.4, -0.2) is 4.98 Å². The lowest BCUT2D eigenvalue weighted by atomic mass is 9.96. The SMILES string of the molecule is Cc1cc(C)cc(C(N)c2nccc3ccccc23)c1. The van der Waals surface area contributed by atoms with Crippen molar-refractivity contribution in [1.29, 1.82) is 0 Å². The van der Waals surface area contributed by atoms with E-state index in [1.54, 1.807) is 0 Å². The Kier molecular flexibility index (Phi) is 3.25. The molecule has 2 nitrogen and oxygen atoms in total. The monoisotopic (exact) mass is 262 g/mol. The number of aromatic nitrogens is 1. The first kappa shape index (κ1) is 12.8. The second-order valence-electron chi connectivity index (χ2n) is 5.32. The number of nitrogens with zero attached hydrogens (tertiary/aromatic N) is 1. The van der Waals surface area contributed by atoms with Crippen LogP contribution in [0.1, 0.15) is 28.4 Å². The molecular formula is C18H18N2. The van der Waals surface area contributed by atoms with Crippen molar-refractivity contribution in [2.24, 2.45) is 5.73 Å². The summed E-state index contributed by atoms with van der Waals surface area (Å²) in [5, 5.41) is 2.30. The second-order valence-corrected chi connectivity index (χ2v) is 5.32. The van der Waals surface area contributed by atoms with Gasteiger partial charge in [0.1, 0.15) is 0 Å². The van der Waals surface area contributed by atoms with E-state index in [2.05, 4.69) is 49.2 Å². The van der Waals surface area contributed by atoms with Crippen LogP contribution in [0.25, 0.3) is 10.8 Å². The predicted octanol–water partition coefficient (Wildman–Crippen LogP) is 3.90. The van der Waals surface area contributed by atoms with Gasteiger partial charge in [-0.1, -0.05) is 53.6 Å². The van der Waals surface area contributed by atoms with Gasteiger partial charge in [-0.15, -0.1) is 0 Å². The fourth-order valence-corrected chi connectivity index (χ4v) is 2.74. The first-order valence-corrected chi connectivity index (χ1v) is 6.82. The van der Waals surface area contributed by atoms with E-state index in [-0.39, 0.29) is 6.04 Å². The Hall–Kier alpha value is -2.19. The van der Waals surface area contributed by atoms with Crippen LogP contribution >= 0.6 is 0 Å². The van der Waals surface area contributed by atoms with Crippen LogP contribution in [-0.2, 0) is 0 Å². The quantitative estimate of drug-likeness (QED) is 0.760. The van der Waals surface area contributed by atoms with Gasteiger partial charge < -0.3 is 5.73 Å². The molecule has 1 unspecified atom stereocenters. The fraction of sp³-hybridized carbons (Fsp3) is 0.167. The maximum atomic E-state index is 6.46. The summed E-state index contributed by atoms with van der Waals surface area (Å²) in [5.41, 5.74) is 11.0. The van der Waals surface area contributed by atoms with Crippen LogP contribution in [0.4, 0.5) is 0 Å². The summed E-state index contributed by atoms with van der Waals surface area (Å²) in [5.74, 6) is 0. The molecule has 100 valence electrons. The van der Waals surface area contributed by atoms with Crippen molar-refractivity contribution in [3.05, 3.63) is 77.1 Å². The van der Waals surface area contributed by atoms with Crippen LogP contribution < -0.4 is 5.73 Å². The highest BCUT2D eigenvalue weighted by Gasteiger charge is 2.14. The summed E-state index contributed by atoms with van der Waals surface area (Å²) in [4.78, 5) is 4.52. The zero-order valence-electron chi connectivity index (χ0n) is 11.8. The van der Waals surface area contributed by atoms with Gasteiger partial charge in [0.15, 0.2) is 0 Å². The number of rotatable bonds is 2. The number of hydrogen-bond donors (Lipinski definition) is 1. The number of pyridine rings is 1. The van der Waals surface area contributed by atoms with Crippen LogP contribution in [0, 0.1) is 13.8 Å². The summed E-state index contributed by atoms with van der Waals surface area (Å²) in [7, 11) is 0. The molecule has 0 radical (unpaired) electrons. The highest BCUT2D eigenvalue weighted by Crippen LogP contribution is 2.26. The molecule has 2 aromatic carbocycles. The number of fused-ring (bicyclic) bond motifs is 1. The van der Waals surface area contributed by atoms with E-state index in [9.17, 15) is 0 Å². The fourth-order valence-electron chi connectivity index (χ4n) is 2.74. The zero-order chi connectivity index (χ0) is 14.1. The Morgan fingerprint density at radius 1 is 0.950 bits per heavy atom. The molecule has 3 aromatic rings. The van der Waals surface area contributed by atoms with Gasteiger partial charge in [-0.25, -0.2) is 0 Å². The summed E-state index contributed by atoms with van der Waals surface area (Å²) < 4.78 is 0.